The van der Waals surface area contributed by atoms with Crippen LogP contribution in [0.15, 0.2) is 6.07 Å². The molecule has 1 aromatic heterocycles. The van der Waals surface area contributed by atoms with Crippen LogP contribution in [0.25, 0.3) is 0 Å². The normalized spacial score (nSPS) is 16.6. The summed E-state index contributed by atoms with van der Waals surface area (Å²) >= 11 is 0. The second-order valence-corrected chi connectivity index (χ2v) is 4.13. The Bertz CT molecular complexity index is 383. The van der Waals surface area contributed by atoms with Crippen LogP contribution in [0.1, 0.15) is 24.6 Å². The average Bonchev–Trinajstić information content (AvgIpc) is 3.19. The first-order valence-electron chi connectivity index (χ1n) is 5.61. The minimum atomic E-state index is -0.802. The average molecular weight is 239 g/mol. The summed E-state index contributed by atoms with van der Waals surface area (Å²) in [6.45, 7) is -0.0445. The first-order valence-corrected chi connectivity index (χ1v) is 5.61. The molecule has 0 bridgehead atoms. The number of aliphatic hydroxyl groups excluding tert-OH is 2. The Labute approximate surface area is 99.1 Å². The fourth-order valence-corrected chi connectivity index (χ4v) is 1.44. The number of rotatable bonds is 6. The molecule has 1 aromatic rings. The first kappa shape index (κ1) is 12.0. The number of nitrogens with one attached hydrogen (secondary N) is 2. The zero-order chi connectivity index (χ0) is 12.3. The first-order chi connectivity index (χ1) is 8.22. The lowest BCUT2D eigenvalue weighted by Crippen LogP contribution is -2.23. The lowest BCUT2D eigenvalue weighted by atomic mass is 10.3. The lowest BCUT2D eigenvalue weighted by molar-refractivity contribution is 0.105. The van der Waals surface area contributed by atoms with E-state index in [9.17, 15) is 5.11 Å². The number of nitrogen functional groups attached to an aromatic ring is 1. The van der Waals surface area contributed by atoms with Crippen LogP contribution in [-0.2, 0) is 0 Å². The third-order valence-corrected chi connectivity index (χ3v) is 2.56. The number of nitrogens with zero attached hydrogens (tertiary/aromatic N) is 2. The molecule has 0 spiro atoms. The monoisotopic (exact) mass is 239 g/mol. The molecule has 1 heterocycles. The largest absolute Gasteiger partial charge is 0.394 e. The maximum Gasteiger partial charge on any atom is 0.145 e. The fraction of sp³-hybridized carbons (Fsp3) is 0.600. The van der Waals surface area contributed by atoms with Gasteiger partial charge >= 0.3 is 0 Å². The van der Waals surface area contributed by atoms with Crippen molar-refractivity contribution in [1.82, 2.24) is 9.97 Å². The Balaban J connectivity index is 2.06. The number of hydrogen-bond acceptors (Lipinski definition) is 7. The Morgan fingerprint density at radius 3 is 2.71 bits per heavy atom. The van der Waals surface area contributed by atoms with Crippen LogP contribution in [0, 0.1) is 0 Å². The summed E-state index contributed by atoms with van der Waals surface area (Å²) in [5.41, 5.74) is 2.49. The minimum Gasteiger partial charge on any atom is -0.394 e. The van der Waals surface area contributed by atoms with E-state index in [1.54, 1.807) is 6.07 Å². The quantitative estimate of drug-likeness (QED) is 0.332. The van der Waals surface area contributed by atoms with E-state index in [2.05, 4.69) is 20.7 Å². The number of hydrogen-bond donors (Lipinski definition) is 5. The molecule has 0 aliphatic heterocycles. The summed E-state index contributed by atoms with van der Waals surface area (Å²) in [5, 5.41) is 20.9. The molecular formula is C10H17N5O2. The number of anilines is 2. The van der Waals surface area contributed by atoms with Gasteiger partial charge in [-0.3, -0.25) is 0 Å². The van der Waals surface area contributed by atoms with E-state index >= 15 is 0 Å². The van der Waals surface area contributed by atoms with Gasteiger partial charge in [0.1, 0.15) is 17.5 Å². The number of nitrogens with two attached hydrogens (primary N) is 1. The van der Waals surface area contributed by atoms with Gasteiger partial charge in [0.2, 0.25) is 0 Å². The molecule has 1 aliphatic rings. The van der Waals surface area contributed by atoms with Gasteiger partial charge in [0, 0.05) is 18.5 Å². The standard InChI is InChI=1S/C10H17N5O2/c11-15-9-3-8(12-4-7(17)5-16)13-10(14-9)6-1-2-6/h3,6-7,16-17H,1-2,4-5,11H2,(H2,12,13,14,15). The van der Waals surface area contributed by atoms with E-state index in [4.69, 9.17) is 10.9 Å². The van der Waals surface area contributed by atoms with Gasteiger partial charge in [-0.25, -0.2) is 15.8 Å². The van der Waals surface area contributed by atoms with E-state index in [0.717, 1.165) is 18.7 Å². The highest BCUT2D eigenvalue weighted by molar-refractivity contribution is 5.47. The Morgan fingerprint density at radius 2 is 2.12 bits per heavy atom. The van der Waals surface area contributed by atoms with E-state index in [1.807, 2.05) is 0 Å². The van der Waals surface area contributed by atoms with Crippen molar-refractivity contribution in [2.24, 2.45) is 5.84 Å². The second-order valence-electron chi connectivity index (χ2n) is 4.13. The van der Waals surface area contributed by atoms with Crippen molar-refractivity contribution < 1.29 is 10.2 Å². The minimum absolute atomic E-state index is 0.238. The number of aliphatic hydroxyl groups is 2. The summed E-state index contributed by atoms with van der Waals surface area (Å²) in [6.07, 6.45) is 1.41. The highest BCUT2D eigenvalue weighted by Crippen LogP contribution is 2.38. The summed E-state index contributed by atoms with van der Waals surface area (Å²) in [5.74, 6) is 7.66. The van der Waals surface area contributed by atoms with Gasteiger partial charge in [-0.05, 0) is 12.8 Å². The molecular weight excluding hydrogens is 222 g/mol. The van der Waals surface area contributed by atoms with Crippen molar-refractivity contribution in [2.75, 3.05) is 23.9 Å². The van der Waals surface area contributed by atoms with Crippen molar-refractivity contribution >= 4 is 11.6 Å². The maximum absolute atomic E-state index is 9.24. The van der Waals surface area contributed by atoms with Gasteiger partial charge in [0.05, 0.1) is 12.7 Å². The Hall–Kier alpha value is -1.44. The molecule has 1 unspecified atom stereocenters. The van der Waals surface area contributed by atoms with Crippen molar-refractivity contribution in [3.8, 4) is 0 Å². The van der Waals surface area contributed by atoms with Crippen molar-refractivity contribution in [3.05, 3.63) is 11.9 Å². The third kappa shape index (κ3) is 3.26. The maximum atomic E-state index is 9.24. The Kier molecular flexibility index (Phi) is 3.72. The smallest absolute Gasteiger partial charge is 0.145 e. The van der Waals surface area contributed by atoms with Gasteiger partial charge in [-0.15, -0.1) is 0 Å². The molecule has 0 amide bonds. The van der Waals surface area contributed by atoms with Gasteiger partial charge in [-0.2, -0.15) is 0 Å². The van der Waals surface area contributed by atoms with Crippen molar-refractivity contribution in [2.45, 2.75) is 24.9 Å². The molecule has 2 rings (SSSR count). The SMILES string of the molecule is NNc1cc(NCC(O)CO)nc(C2CC2)n1. The summed E-state index contributed by atoms with van der Waals surface area (Å²) in [6, 6.07) is 1.66. The van der Waals surface area contributed by atoms with E-state index in [0.29, 0.717) is 17.6 Å². The van der Waals surface area contributed by atoms with Crippen LogP contribution >= 0.6 is 0 Å². The molecule has 94 valence electrons. The summed E-state index contributed by atoms with van der Waals surface area (Å²) < 4.78 is 0. The van der Waals surface area contributed by atoms with Gasteiger partial charge < -0.3 is 21.0 Å². The topological polar surface area (TPSA) is 116 Å². The fourth-order valence-electron chi connectivity index (χ4n) is 1.44. The lowest BCUT2D eigenvalue weighted by Gasteiger charge is -2.11. The zero-order valence-corrected chi connectivity index (χ0v) is 9.43. The van der Waals surface area contributed by atoms with Crippen LogP contribution in [0.5, 0.6) is 0 Å². The van der Waals surface area contributed by atoms with Crippen LogP contribution in [0.4, 0.5) is 11.6 Å². The zero-order valence-electron chi connectivity index (χ0n) is 9.43. The van der Waals surface area contributed by atoms with E-state index < -0.39 is 6.10 Å². The van der Waals surface area contributed by atoms with Crippen LogP contribution in [-0.4, -0.2) is 39.4 Å². The molecule has 1 atom stereocenters. The predicted molar refractivity (Wildman–Crippen MR) is 63.4 cm³/mol. The third-order valence-electron chi connectivity index (χ3n) is 2.56. The molecule has 0 radical (unpaired) electrons. The molecule has 7 nitrogen and oxygen atoms in total. The van der Waals surface area contributed by atoms with E-state index in [1.165, 1.54) is 0 Å². The van der Waals surface area contributed by atoms with Crippen LogP contribution in [0.3, 0.4) is 0 Å². The molecule has 1 aliphatic carbocycles. The second kappa shape index (κ2) is 5.26. The van der Waals surface area contributed by atoms with Gasteiger partial charge in [0.25, 0.3) is 0 Å². The molecule has 1 fully saturated rings. The van der Waals surface area contributed by atoms with Crippen molar-refractivity contribution in [3.63, 3.8) is 0 Å². The molecule has 6 N–H and O–H groups in total. The Morgan fingerprint density at radius 1 is 1.41 bits per heavy atom. The van der Waals surface area contributed by atoms with E-state index in [-0.39, 0.29) is 13.2 Å². The molecule has 0 saturated heterocycles. The predicted octanol–water partition coefficient (Wildman–Crippen LogP) is -0.595. The molecule has 0 aromatic carbocycles. The molecule has 17 heavy (non-hydrogen) atoms. The summed E-state index contributed by atoms with van der Waals surface area (Å²) in [7, 11) is 0. The number of hydrazine groups is 1. The van der Waals surface area contributed by atoms with Gasteiger partial charge in [-0.1, -0.05) is 0 Å². The van der Waals surface area contributed by atoms with Crippen molar-refractivity contribution in [1.29, 1.82) is 0 Å². The van der Waals surface area contributed by atoms with Crippen LogP contribution < -0.4 is 16.6 Å². The highest BCUT2D eigenvalue weighted by Gasteiger charge is 2.27. The summed E-state index contributed by atoms with van der Waals surface area (Å²) in [4.78, 5) is 8.60. The molecule has 1 saturated carbocycles. The van der Waals surface area contributed by atoms with Gasteiger partial charge in [0.15, 0.2) is 0 Å². The molecule has 7 heteroatoms. The highest BCUT2D eigenvalue weighted by atomic mass is 16.3. The number of aromatic nitrogens is 2. The van der Waals surface area contributed by atoms with Crippen LogP contribution in [0.2, 0.25) is 0 Å².